The molecular formula is C17H20ClN5O2. The Morgan fingerprint density at radius 1 is 1.16 bits per heavy atom. The Morgan fingerprint density at radius 3 is 2.68 bits per heavy atom. The Labute approximate surface area is 151 Å². The lowest BCUT2D eigenvalue weighted by molar-refractivity contribution is 0.354. The van der Waals surface area contributed by atoms with Crippen molar-refractivity contribution in [2.24, 2.45) is 0 Å². The predicted molar refractivity (Wildman–Crippen MR) is 97.5 cm³/mol. The fraction of sp³-hybridized carbons (Fsp3) is 0.353. The fourth-order valence-corrected chi connectivity index (χ4v) is 2.79. The first kappa shape index (κ1) is 17.3. The molecule has 0 spiro atoms. The summed E-state index contributed by atoms with van der Waals surface area (Å²) in [5.41, 5.74) is 2.46. The lowest BCUT2D eigenvalue weighted by atomic mass is 10.2. The van der Waals surface area contributed by atoms with Crippen LogP contribution in [0.25, 0.3) is 11.2 Å². The Bertz CT molecular complexity index is 881. The zero-order valence-electron chi connectivity index (χ0n) is 14.4. The van der Waals surface area contributed by atoms with Crippen molar-refractivity contribution in [2.75, 3.05) is 19.5 Å². The minimum Gasteiger partial charge on any atom is -0.493 e. The maximum absolute atomic E-state index is 6.08. The summed E-state index contributed by atoms with van der Waals surface area (Å²) >= 11 is 6.08. The molecule has 0 unspecified atom stereocenters. The number of hydrogen-bond donors (Lipinski definition) is 1. The Kier molecular flexibility index (Phi) is 5.23. The molecule has 0 aliphatic carbocycles. The van der Waals surface area contributed by atoms with E-state index in [1.807, 2.05) is 22.8 Å². The second-order valence-electron chi connectivity index (χ2n) is 5.49. The van der Waals surface area contributed by atoms with Gasteiger partial charge in [-0.3, -0.25) is 0 Å². The van der Waals surface area contributed by atoms with Gasteiger partial charge < -0.3 is 19.4 Å². The van der Waals surface area contributed by atoms with Crippen LogP contribution >= 0.6 is 11.6 Å². The van der Waals surface area contributed by atoms with Crippen LogP contribution in [0, 0.1) is 0 Å². The van der Waals surface area contributed by atoms with Gasteiger partial charge in [0.2, 0.25) is 5.28 Å². The van der Waals surface area contributed by atoms with Gasteiger partial charge >= 0.3 is 0 Å². The van der Waals surface area contributed by atoms with Crippen molar-refractivity contribution >= 4 is 28.6 Å². The molecule has 8 heteroatoms. The molecular weight excluding hydrogens is 342 g/mol. The minimum absolute atomic E-state index is 0.195. The smallest absolute Gasteiger partial charge is 0.226 e. The van der Waals surface area contributed by atoms with Crippen LogP contribution in [0.4, 0.5) is 5.82 Å². The van der Waals surface area contributed by atoms with E-state index < -0.39 is 0 Å². The van der Waals surface area contributed by atoms with Crippen molar-refractivity contribution in [3.05, 3.63) is 35.4 Å². The molecule has 0 atom stereocenters. The zero-order valence-corrected chi connectivity index (χ0v) is 15.2. The van der Waals surface area contributed by atoms with Crippen molar-refractivity contribution in [3.63, 3.8) is 0 Å². The third kappa shape index (κ3) is 3.61. The lowest BCUT2D eigenvalue weighted by Crippen LogP contribution is -2.05. The van der Waals surface area contributed by atoms with Gasteiger partial charge in [0.25, 0.3) is 0 Å². The van der Waals surface area contributed by atoms with Crippen molar-refractivity contribution in [2.45, 2.75) is 26.4 Å². The van der Waals surface area contributed by atoms with E-state index in [4.69, 9.17) is 21.1 Å². The van der Waals surface area contributed by atoms with Crippen molar-refractivity contribution in [3.8, 4) is 11.5 Å². The number of fused-ring (bicyclic) bond motifs is 1. The molecule has 7 nitrogen and oxygen atoms in total. The molecule has 0 aliphatic rings. The van der Waals surface area contributed by atoms with Crippen molar-refractivity contribution in [1.29, 1.82) is 0 Å². The van der Waals surface area contributed by atoms with E-state index >= 15 is 0 Å². The molecule has 0 amide bonds. The number of rotatable bonds is 7. The number of halogens is 1. The van der Waals surface area contributed by atoms with Gasteiger partial charge in [0.15, 0.2) is 28.5 Å². The Morgan fingerprint density at radius 2 is 1.96 bits per heavy atom. The van der Waals surface area contributed by atoms with E-state index in [0.717, 1.165) is 24.2 Å². The molecule has 0 fully saturated rings. The number of nitrogens with one attached hydrogen (secondary N) is 1. The maximum Gasteiger partial charge on any atom is 0.226 e. The summed E-state index contributed by atoms with van der Waals surface area (Å²) in [5, 5.41) is 3.48. The lowest BCUT2D eigenvalue weighted by Gasteiger charge is -2.11. The first-order valence-electron chi connectivity index (χ1n) is 7.99. The van der Waals surface area contributed by atoms with E-state index in [-0.39, 0.29) is 5.28 Å². The van der Waals surface area contributed by atoms with E-state index in [1.165, 1.54) is 0 Å². The fourth-order valence-electron chi connectivity index (χ4n) is 2.62. The molecule has 0 bridgehead atoms. The van der Waals surface area contributed by atoms with Gasteiger partial charge in [-0.15, -0.1) is 0 Å². The van der Waals surface area contributed by atoms with Crippen LogP contribution in [-0.4, -0.2) is 33.7 Å². The van der Waals surface area contributed by atoms with E-state index in [2.05, 4.69) is 27.2 Å². The van der Waals surface area contributed by atoms with E-state index in [9.17, 15) is 0 Å². The molecule has 1 N–H and O–H groups in total. The van der Waals surface area contributed by atoms with Gasteiger partial charge in [-0.1, -0.05) is 13.0 Å². The van der Waals surface area contributed by atoms with Crippen molar-refractivity contribution < 1.29 is 9.47 Å². The normalized spacial score (nSPS) is 10.9. The second-order valence-corrected chi connectivity index (χ2v) is 5.83. The van der Waals surface area contributed by atoms with Crippen molar-refractivity contribution in [1.82, 2.24) is 19.5 Å². The average Bonchev–Trinajstić information content (AvgIpc) is 3.02. The van der Waals surface area contributed by atoms with Crippen LogP contribution in [0.2, 0.25) is 5.28 Å². The molecule has 0 radical (unpaired) electrons. The first-order chi connectivity index (χ1) is 12.2. The molecule has 2 aromatic heterocycles. The topological polar surface area (TPSA) is 74.1 Å². The number of nitrogens with zero attached hydrogens (tertiary/aromatic N) is 4. The van der Waals surface area contributed by atoms with Gasteiger partial charge in [-0.2, -0.15) is 9.97 Å². The maximum atomic E-state index is 6.08. The summed E-state index contributed by atoms with van der Waals surface area (Å²) in [6.45, 7) is 3.48. The number of anilines is 1. The SMILES string of the molecule is CCCn1cnc2c(NCc3ccc(OC)c(OC)c3)nc(Cl)nc21. The largest absolute Gasteiger partial charge is 0.493 e. The molecule has 1 aromatic carbocycles. The third-order valence-corrected chi connectivity index (χ3v) is 3.98. The number of imidazole rings is 1. The molecule has 0 saturated carbocycles. The summed E-state index contributed by atoms with van der Waals surface area (Å²) in [5.74, 6) is 1.98. The zero-order chi connectivity index (χ0) is 17.8. The molecule has 2 heterocycles. The number of ether oxygens (including phenoxy) is 2. The van der Waals surface area contributed by atoms with Gasteiger partial charge in [0.1, 0.15) is 0 Å². The van der Waals surface area contributed by atoms with Crippen LogP contribution in [0.5, 0.6) is 11.5 Å². The van der Waals surface area contributed by atoms with Crippen LogP contribution in [0.15, 0.2) is 24.5 Å². The minimum atomic E-state index is 0.195. The highest BCUT2D eigenvalue weighted by atomic mass is 35.5. The first-order valence-corrected chi connectivity index (χ1v) is 8.37. The molecule has 25 heavy (non-hydrogen) atoms. The van der Waals surface area contributed by atoms with Crippen LogP contribution < -0.4 is 14.8 Å². The summed E-state index contributed by atoms with van der Waals surface area (Å²) in [7, 11) is 3.23. The number of aryl methyl sites for hydroxylation is 1. The number of hydrogen-bond acceptors (Lipinski definition) is 6. The van der Waals surface area contributed by atoms with Gasteiger partial charge in [-0.25, -0.2) is 4.98 Å². The van der Waals surface area contributed by atoms with E-state index in [0.29, 0.717) is 29.4 Å². The molecule has 0 aliphatic heterocycles. The molecule has 132 valence electrons. The highest BCUT2D eigenvalue weighted by Crippen LogP contribution is 2.28. The standard InChI is InChI=1S/C17H20ClN5O2/c1-4-7-23-10-20-14-15(21-17(18)22-16(14)23)19-9-11-5-6-12(24-2)13(8-11)25-3/h5-6,8,10H,4,7,9H2,1-3H3,(H,19,21,22). The van der Waals surface area contributed by atoms with Gasteiger partial charge in [0.05, 0.1) is 20.5 Å². The van der Waals surface area contributed by atoms with Gasteiger partial charge in [-0.05, 0) is 35.7 Å². The summed E-state index contributed by atoms with van der Waals surface area (Å²) < 4.78 is 12.6. The highest BCUT2D eigenvalue weighted by molar-refractivity contribution is 6.28. The quantitative estimate of drug-likeness (QED) is 0.649. The monoisotopic (exact) mass is 361 g/mol. The molecule has 3 rings (SSSR count). The highest BCUT2D eigenvalue weighted by Gasteiger charge is 2.13. The number of benzene rings is 1. The van der Waals surface area contributed by atoms with Crippen LogP contribution in [0.3, 0.4) is 0 Å². The average molecular weight is 362 g/mol. The second kappa shape index (κ2) is 7.57. The summed E-state index contributed by atoms with van der Waals surface area (Å²) in [4.78, 5) is 13.0. The third-order valence-electron chi connectivity index (χ3n) is 3.81. The predicted octanol–water partition coefficient (Wildman–Crippen LogP) is 3.52. The summed E-state index contributed by atoms with van der Waals surface area (Å²) in [6.07, 6.45) is 2.75. The molecule has 3 aromatic rings. The Balaban J connectivity index is 1.86. The summed E-state index contributed by atoms with van der Waals surface area (Å²) in [6, 6.07) is 5.75. The number of aromatic nitrogens is 4. The number of methoxy groups -OCH3 is 2. The van der Waals surface area contributed by atoms with Crippen LogP contribution in [-0.2, 0) is 13.1 Å². The van der Waals surface area contributed by atoms with Crippen LogP contribution in [0.1, 0.15) is 18.9 Å². The van der Waals surface area contributed by atoms with Gasteiger partial charge in [0, 0.05) is 13.1 Å². The van der Waals surface area contributed by atoms with E-state index in [1.54, 1.807) is 20.5 Å². The molecule has 0 saturated heterocycles. The Hall–Kier alpha value is -2.54.